The summed E-state index contributed by atoms with van der Waals surface area (Å²) in [7, 11) is 0. The van der Waals surface area contributed by atoms with Gasteiger partial charge in [-0.2, -0.15) is 0 Å². The molecule has 23 heavy (non-hydrogen) atoms. The van der Waals surface area contributed by atoms with Crippen LogP contribution in [0.3, 0.4) is 0 Å². The van der Waals surface area contributed by atoms with Gasteiger partial charge in [-0.1, -0.05) is 47.2 Å². The number of rotatable bonds is 3. The number of anilines is 1. The van der Waals surface area contributed by atoms with Gasteiger partial charge in [-0.05, 0) is 37.5 Å². The Hall–Kier alpha value is -2.27. The van der Waals surface area contributed by atoms with Gasteiger partial charge in [0.2, 0.25) is 5.13 Å². The zero-order chi connectivity index (χ0) is 15.6. The van der Waals surface area contributed by atoms with Crippen LogP contribution in [0.1, 0.15) is 30.0 Å². The highest BCUT2D eigenvalue weighted by molar-refractivity contribution is 7.18. The molecule has 0 spiro atoms. The molecule has 0 aliphatic carbocycles. The standard InChI is InChI=1S/C18H18N4S/c1-13-7-9-14(10-8-13)16-6-4-12-22(16)18-21-20-17(23-18)15-5-2-3-11-19-15/h2-3,5,7-11,16H,4,6,12H2,1H3. The maximum absolute atomic E-state index is 4.42. The Morgan fingerprint density at radius 1 is 1.09 bits per heavy atom. The second kappa shape index (κ2) is 6.08. The van der Waals surface area contributed by atoms with Crippen LogP contribution in [-0.2, 0) is 0 Å². The van der Waals surface area contributed by atoms with Crippen molar-refractivity contribution >= 4 is 16.5 Å². The highest BCUT2D eigenvalue weighted by Gasteiger charge is 2.28. The quantitative estimate of drug-likeness (QED) is 0.723. The van der Waals surface area contributed by atoms with E-state index in [0.29, 0.717) is 6.04 Å². The lowest BCUT2D eigenvalue weighted by Gasteiger charge is -2.23. The summed E-state index contributed by atoms with van der Waals surface area (Å²) in [4.78, 5) is 6.75. The SMILES string of the molecule is Cc1ccc(C2CCCN2c2nnc(-c3ccccn3)s2)cc1. The first-order valence-electron chi connectivity index (χ1n) is 7.89. The summed E-state index contributed by atoms with van der Waals surface area (Å²) < 4.78 is 0. The van der Waals surface area contributed by atoms with Crippen molar-refractivity contribution in [2.45, 2.75) is 25.8 Å². The molecule has 0 radical (unpaired) electrons. The van der Waals surface area contributed by atoms with Gasteiger partial charge < -0.3 is 4.90 Å². The van der Waals surface area contributed by atoms with Gasteiger partial charge >= 0.3 is 0 Å². The Bertz CT molecular complexity index is 782. The Morgan fingerprint density at radius 3 is 2.74 bits per heavy atom. The zero-order valence-corrected chi connectivity index (χ0v) is 13.8. The predicted molar refractivity (Wildman–Crippen MR) is 93.6 cm³/mol. The van der Waals surface area contributed by atoms with Gasteiger partial charge in [0.05, 0.1) is 6.04 Å². The van der Waals surface area contributed by atoms with Crippen LogP contribution in [0, 0.1) is 6.92 Å². The maximum atomic E-state index is 4.42. The summed E-state index contributed by atoms with van der Waals surface area (Å²) in [5, 5.41) is 10.6. The number of benzene rings is 1. The van der Waals surface area contributed by atoms with Crippen LogP contribution in [0.15, 0.2) is 48.7 Å². The highest BCUT2D eigenvalue weighted by atomic mass is 32.1. The molecule has 1 aromatic carbocycles. The van der Waals surface area contributed by atoms with E-state index in [1.54, 1.807) is 17.5 Å². The molecule has 0 bridgehead atoms. The number of aryl methyl sites for hydroxylation is 1. The van der Waals surface area contributed by atoms with Crippen LogP contribution in [0.2, 0.25) is 0 Å². The molecule has 1 fully saturated rings. The number of hydrogen-bond donors (Lipinski definition) is 0. The molecule has 1 aliphatic heterocycles. The number of hydrogen-bond acceptors (Lipinski definition) is 5. The summed E-state index contributed by atoms with van der Waals surface area (Å²) in [6.45, 7) is 3.16. The van der Waals surface area contributed by atoms with E-state index in [9.17, 15) is 0 Å². The van der Waals surface area contributed by atoms with E-state index in [1.165, 1.54) is 24.0 Å². The van der Waals surface area contributed by atoms with E-state index in [2.05, 4.69) is 51.3 Å². The third-order valence-corrected chi connectivity index (χ3v) is 5.24. The van der Waals surface area contributed by atoms with Gasteiger partial charge in [0.15, 0.2) is 5.01 Å². The van der Waals surface area contributed by atoms with Crippen LogP contribution in [0.4, 0.5) is 5.13 Å². The molecule has 116 valence electrons. The van der Waals surface area contributed by atoms with E-state index in [4.69, 9.17) is 0 Å². The molecule has 2 aromatic heterocycles. The van der Waals surface area contributed by atoms with Crippen molar-refractivity contribution in [3.05, 3.63) is 59.8 Å². The van der Waals surface area contributed by atoms with Crippen molar-refractivity contribution in [3.63, 3.8) is 0 Å². The van der Waals surface area contributed by atoms with Crippen LogP contribution in [-0.4, -0.2) is 21.7 Å². The van der Waals surface area contributed by atoms with Crippen LogP contribution >= 0.6 is 11.3 Å². The fourth-order valence-electron chi connectivity index (χ4n) is 3.06. The first-order chi connectivity index (χ1) is 11.3. The second-order valence-corrected chi connectivity index (χ2v) is 6.82. The molecule has 4 rings (SSSR count). The molecule has 0 amide bonds. The molecule has 1 aliphatic rings. The maximum Gasteiger partial charge on any atom is 0.209 e. The first-order valence-corrected chi connectivity index (χ1v) is 8.71. The number of nitrogens with zero attached hydrogens (tertiary/aromatic N) is 4. The number of pyridine rings is 1. The lowest BCUT2D eigenvalue weighted by atomic mass is 10.0. The molecular formula is C18H18N4S. The molecular weight excluding hydrogens is 304 g/mol. The first kappa shape index (κ1) is 14.3. The van der Waals surface area contributed by atoms with Crippen LogP contribution in [0.5, 0.6) is 0 Å². The zero-order valence-electron chi connectivity index (χ0n) is 13.0. The third-order valence-electron chi connectivity index (χ3n) is 4.26. The monoisotopic (exact) mass is 322 g/mol. The Morgan fingerprint density at radius 2 is 1.96 bits per heavy atom. The summed E-state index contributed by atoms with van der Waals surface area (Å²) in [6, 6.07) is 15.1. The van der Waals surface area contributed by atoms with Crippen molar-refractivity contribution in [1.82, 2.24) is 15.2 Å². The largest absolute Gasteiger partial charge is 0.340 e. The van der Waals surface area contributed by atoms with Gasteiger partial charge in [0.25, 0.3) is 0 Å². The van der Waals surface area contributed by atoms with Crippen molar-refractivity contribution in [2.24, 2.45) is 0 Å². The summed E-state index contributed by atoms with van der Waals surface area (Å²) in [6.07, 6.45) is 4.15. The third kappa shape index (κ3) is 2.84. The van der Waals surface area contributed by atoms with Crippen LogP contribution < -0.4 is 4.90 Å². The molecule has 3 aromatic rings. The van der Waals surface area contributed by atoms with Crippen molar-refractivity contribution in [3.8, 4) is 10.7 Å². The van der Waals surface area contributed by atoms with Gasteiger partial charge in [0, 0.05) is 12.7 Å². The van der Waals surface area contributed by atoms with E-state index >= 15 is 0 Å². The van der Waals surface area contributed by atoms with Crippen molar-refractivity contribution in [1.29, 1.82) is 0 Å². The molecule has 0 N–H and O–H groups in total. The summed E-state index contributed by atoms with van der Waals surface area (Å²) in [5.74, 6) is 0. The molecule has 0 saturated carbocycles. The minimum Gasteiger partial charge on any atom is -0.340 e. The normalized spacial score (nSPS) is 17.6. The Balaban J connectivity index is 1.62. The minimum absolute atomic E-state index is 0.403. The molecule has 3 heterocycles. The predicted octanol–water partition coefficient (Wildman–Crippen LogP) is 4.25. The molecule has 4 nitrogen and oxygen atoms in total. The fourth-order valence-corrected chi connectivity index (χ4v) is 3.95. The summed E-state index contributed by atoms with van der Waals surface area (Å²) in [5.41, 5.74) is 3.55. The van der Waals surface area contributed by atoms with Gasteiger partial charge in [-0.15, -0.1) is 10.2 Å². The van der Waals surface area contributed by atoms with Crippen LogP contribution in [0.25, 0.3) is 10.7 Å². The van der Waals surface area contributed by atoms with Gasteiger partial charge in [-0.25, -0.2) is 0 Å². The van der Waals surface area contributed by atoms with E-state index < -0.39 is 0 Å². The smallest absolute Gasteiger partial charge is 0.209 e. The Labute approximate surface area is 139 Å². The Kier molecular flexibility index (Phi) is 3.79. The van der Waals surface area contributed by atoms with Gasteiger partial charge in [0.1, 0.15) is 5.69 Å². The van der Waals surface area contributed by atoms with Gasteiger partial charge in [-0.3, -0.25) is 4.98 Å². The van der Waals surface area contributed by atoms with E-state index in [-0.39, 0.29) is 0 Å². The van der Waals surface area contributed by atoms with Crippen molar-refractivity contribution in [2.75, 3.05) is 11.4 Å². The van der Waals surface area contributed by atoms with Crippen molar-refractivity contribution < 1.29 is 0 Å². The lowest BCUT2D eigenvalue weighted by molar-refractivity contribution is 0.713. The average molecular weight is 322 g/mol. The lowest BCUT2D eigenvalue weighted by Crippen LogP contribution is -2.22. The van der Waals surface area contributed by atoms with E-state index in [0.717, 1.165) is 22.4 Å². The summed E-state index contributed by atoms with van der Waals surface area (Å²) >= 11 is 1.63. The minimum atomic E-state index is 0.403. The molecule has 1 unspecified atom stereocenters. The average Bonchev–Trinajstić information content (AvgIpc) is 3.25. The molecule has 1 saturated heterocycles. The highest BCUT2D eigenvalue weighted by Crippen LogP contribution is 2.38. The van der Waals surface area contributed by atoms with E-state index in [1.807, 2.05) is 18.2 Å². The molecule has 1 atom stereocenters. The molecule has 5 heteroatoms. The fraction of sp³-hybridized carbons (Fsp3) is 0.278. The number of aromatic nitrogens is 3. The second-order valence-electron chi connectivity index (χ2n) is 5.87. The topological polar surface area (TPSA) is 41.9 Å².